The number of hydrogen-bond acceptors (Lipinski definition) is 2. The van der Waals surface area contributed by atoms with Crippen LogP contribution >= 0.6 is 15.9 Å². The lowest BCUT2D eigenvalue weighted by molar-refractivity contribution is 0.909. The van der Waals surface area contributed by atoms with E-state index in [0.29, 0.717) is 6.54 Å². The highest BCUT2D eigenvalue weighted by atomic mass is 79.9. The maximum absolute atomic E-state index is 5.65. The Morgan fingerprint density at radius 2 is 1.89 bits per heavy atom. The van der Waals surface area contributed by atoms with E-state index < -0.39 is 0 Å². The van der Waals surface area contributed by atoms with Crippen LogP contribution in [0.15, 0.2) is 46.9 Å². The van der Waals surface area contributed by atoms with Crippen LogP contribution in [0.3, 0.4) is 0 Å². The van der Waals surface area contributed by atoms with E-state index >= 15 is 0 Å². The van der Waals surface area contributed by atoms with Gasteiger partial charge in [-0.15, -0.1) is 0 Å². The third kappa shape index (κ3) is 3.37. The summed E-state index contributed by atoms with van der Waals surface area (Å²) in [6, 6.07) is 14.8. The molecule has 0 aromatic heterocycles. The number of nitrogens with zero attached hydrogens (tertiary/aromatic N) is 1. The van der Waals surface area contributed by atoms with E-state index in [9.17, 15) is 0 Å². The Bertz CT molecular complexity index is 566. The molecule has 0 atom stereocenters. The summed E-state index contributed by atoms with van der Waals surface area (Å²) >= 11 is 3.62. The molecule has 0 saturated carbocycles. The van der Waals surface area contributed by atoms with E-state index in [1.807, 2.05) is 0 Å². The number of hydrogen-bond donors (Lipinski definition) is 1. The normalized spacial score (nSPS) is 10.5. The van der Waals surface area contributed by atoms with Gasteiger partial charge in [-0.05, 0) is 51.7 Å². The van der Waals surface area contributed by atoms with Crippen molar-refractivity contribution in [1.29, 1.82) is 0 Å². The molecule has 0 aliphatic rings. The molecule has 0 radical (unpaired) electrons. The topological polar surface area (TPSA) is 29.3 Å². The van der Waals surface area contributed by atoms with Crippen LogP contribution in [0.1, 0.15) is 16.7 Å². The Labute approximate surface area is 123 Å². The highest BCUT2D eigenvalue weighted by Crippen LogP contribution is 2.28. The Morgan fingerprint density at radius 3 is 2.53 bits per heavy atom. The van der Waals surface area contributed by atoms with Gasteiger partial charge in [0.25, 0.3) is 0 Å². The molecule has 0 spiro atoms. The molecular weight excluding hydrogens is 300 g/mol. The van der Waals surface area contributed by atoms with Crippen molar-refractivity contribution in [3.63, 3.8) is 0 Å². The molecule has 0 unspecified atom stereocenters. The third-order valence-electron chi connectivity index (χ3n) is 3.33. The molecule has 0 aliphatic heterocycles. The first-order valence-electron chi connectivity index (χ1n) is 6.36. The average Bonchev–Trinajstić information content (AvgIpc) is 2.41. The molecule has 0 amide bonds. The molecule has 3 heteroatoms. The van der Waals surface area contributed by atoms with Gasteiger partial charge < -0.3 is 10.6 Å². The van der Waals surface area contributed by atoms with E-state index in [1.165, 1.54) is 16.8 Å². The lowest BCUT2D eigenvalue weighted by atomic mass is 10.1. The van der Waals surface area contributed by atoms with Crippen molar-refractivity contribution in [2.75, 3.05) is 11.9 Å². The van der Waals surface area contributed by atoms with Crippen LogP contribution in [0.5, 0.6) is 0 Å². The summed E-state index contributed by atoms with van der Waals surface area (Å²) in [5.74, 6) is 0. The molecule has 19 heavy (non-hydrogen) atoms. The quantitative estimate of drug-likeness (QED) is 0.927. The summed E-state index contributed by atoms with van der Waals surface area (Å²) in [5.41, 5.74) is 10.6. The monoisotopic (exact) mass is 318 g/mol. The highest BCUT2D eigenvalue weighted by Gasteiger charge is 2.08. The van der Waals surface area contributed by atoms with Crippen molar-refractivity contribution in [2.45, 2.75) is 20.0 Å². The summed E-state index contributed by atoms with van der Waals surface area (Å²) in [4.78, 5) is 2.24. The van der Waals surface area contributed by atoms with E-state index in [2.05, 4.69) is 77.3 Å². The molecule has 2 rings (SSSR count). The summed E-state index contributed by atoms with van der Waals surface area (Å²) in [5, 5.41) is 0. The fourth-order valence-corrected chi connectivity index (χ4v) is 2.84. The summed E-state index contributed by atoms with van der Waals surface area (Å²) < 4.78 is 1.09. The van der Waals surface area contributed by atoms with Gasteiger partial charge in [-0.1, -0.05) is 30.3 Å². The summed E-state index contributed by atoms with van der Waals surface area (Å²) in [6.07, 6.45) is 0. The summed E-state index contributed by atoms with van der Waals surface area (Å²) in [7, 11) is 2.11. The molecule has 2 aromatic rings. The van der Waals surface area contributed by atoms with Gasteiger partial charge >= 0.3 is 0 Å². The molecule has 0 heterocycles. The Morgan fingerprint density at radius 1 is 1.16 bits per heavy atom. The van der Waals surface area contributed by atoms with Crippen molar-refractivity contribution in [3.05, 3.63) is 63.6 Å². The van der Waals surface area contributed by atoms with Crippen LogP contribution < -0.4 is 10.6 Å². The van der Waals surface area contributed by atoms with Crippen LogP contribution in [0, 0.1) is 6.92 Å². The van der Waals surface area contributed by atoms with Gasteiger partial charge in [-0.3, -0.25) is 0 Å². The van der Waals surface area contributed by atoms with Crippen molar-refractivity contribution < 1.29 is 0 Å². The lowest BCUT2D eigenvalue weighted by Gasteiger charge is -2.22. The van der Waals surface area contributed by atoms with Crippen LogP contribution in [-0.2, 0) is 13.1 Å². The van der Waals surface area contributed by atoms with Gasteiger partial charge in [-0.2, -0.15) is 0 Å². The van der Waals surface area contributed by atoms with E-state index in [4.69, 9.17) is 5.73 Å². The largest absolute Gasteiger partial charge is 0.369 e. The maximum Gasteiger partial charge on any atom is 0.0511 e. The number of rotatable bonds is 4. The lowest BCUT2D eigenvalue weighted by Crippen LogP contribution is -2.17. The van der Waals surface area contributed by atoms with Crippen LogP contribution in [0.4, 0.5) is 5.69 Å². The summed E-state index contributed by atoms with van der Waals surface area (Å²) in [6.45, 7) is 3.61. The second kappa shape index (κ2) is 6.22. The molecule has 100 valence electrons. The molecule has 0 saturated heterocycles. The maximum atomic E-state index is 5.65. The molecule has 0 fully saturated rings. The van der Waals surface area contributed by atoms with E-state index in [1.54, 1.807) is 0 Å². The molecule has 2 aromatic carbocycles. The first-order valence-corrected chi connectivity index (χ1v) is 7.15. The minimum atomic E-state index is 0.570. The molecular formula is C16H19BrN2. The highest BCUT2D eigenvalue weighted by molar-refractivity contribution is 9.10. The van der Waals surface area contributed by atoms with Crippen LogP contribution in [-0.4, -0.2) is 7.05 Å². The number of anilines is 1. The van der Waals surface area contributed by atoms with Crippen molar-refractivity contribution in [3.8, 4) is 0 Å². The van der Waals surface area contributed by atoms with Crippen molar-refractivity contribution in [1.82, 2.24) is 0 Å². The van der Waals surface area contributed by atoms with Gasteiger partial charge in [0.15, 0.2) is 0 Å². The van der Waals surface area contributed by atoms with Crippen LogP contribution in [0.25, 0.3) is 0 Å². The Balaban J connectivity index is 2.21. The third-order valence-corrected chi connectivity index (χ3v) is 3.96. The Hall–Kier alpha value is -1.32. The van der Waals surface area contributed by atoms with E-state index in [-0.39, 0.29) is 0 Å². The molecule has 0 aliphatic carbocycles. The number of nitrogens with two attached hydrogens (primary N) is 1. The second-order valence-corrected chi connectivity index (χ2v) is 5.63. The standard InChI is InChI=1S/C16H19BrN2/c1-12-5-3-4-6-14(12)11-19(2)16-8-7-13(10-18)9-15(16)17/h3-9H,10-11,18H2,1-2H3. The molecule has 2 N–H and O–H groups in total. The van der Waals surface area contributed by atoms with Crippen LogP contribution in [0.2, 0.25) is 0 Å². The SMILES string of the molecule is Cc1ccccc1CN(C)c1ccc(CN)cc1Br. The van der Waals surface area contributed by atoms with Gasteiger partial charge in [0.1, 0.15) is 0 Å². The molecule has 2 nitrogen and oxygen atoms in total. The fraction of sp³-hybridized carbons (Fsp3) is 0.250. The smallest absolute Gasteiger partial charge is 0.0511 e. The first-order chi connectivity index (χ1) is 9.11. The number of benzene rings is 2. The zero-order chi connectivity index (χ0) is 13.8. The number of halogens is 1. The first kappa shape index (κ1) is 14.1. The van der Waals surface area contributed by atoms with Gasteiger partial charge in [0.05, 0.1) is 5.69 Å². The number of aryl methyl sites for hydroxylation is 1. The van der Waals surface area contributed by atoms with Gasteiger partial charge in [0.2, 0.25) is 0 Å². The van der Waals surface area contributed by atoms with Gasteiger partial charge in [0, 0.05) is 24.6 Å². The van der Waals surface area contributed by atoms with Gasteiger partial charge in [-0.25, -0.2) is 0 Å². The second-order valence-electron chi connectivity index (χ2n) is 4.77. The zero-order valence-corrected chi connectivity index (χ0v) is 12.9. The average molecular weight is 319 g/mol. The predicted octanol–water partition coefficient (Wildman–Crippen LogP) is 3.85. The Kier molecular flexibility index (Phi) is 4.61. The fourth-order valence-electron chi connectivity index (χ4n) is 2.12. The molecule has 0 bridgehead atoms. The van der Waals surface area contributed by atoms with E-state index in [0.717, 1.165) is 16.6 Å². The minimum absolute atomic E-state index is 0.570. The predicted molar refractivity (Wildman–Crippen MR) is 85.3 cm³/mol. The van der Waals surface area contributed by atoms with Crippen molar-refractivity contribution in [2.24, 2.45) is 5.73 Å². The zero-order valence-electron chi connectivity index (χ0n) is 11.4. The minimum Gasteiger partial charge on any atom is -0.369 e. The van der Waals surface area contributed by atoms with Crippen molar-refractivity contribution >= 4 is 21.6 Å².